The van der Waals surface area contributed by atoms with Crippen LogP contribution in [0.3, 0.4) is 0 Å². The van der Waals surface area contributed by atoms with Crippen LogP contribution in [-0.2, 0) is 4.79 Å². The number of hydrogen-bond donors (Lipinski definition) is 2. The average molecular weight is 267 g/mol. The number of benzene rings is 1. The Balaban J connectivity index is 2.38. The van der Waals surface area contributed by atoms with Crippen LogP contribution in [0, 0.1) is 5.82 Å². The lowest BCUT2D eigenvalue weighted by Crippen LogP contribution is -1.88. The molecule has 0 atom stereocenters. The number of carboxylic acid groups (broad SMARTS) is 1. The number of aromatic nitrogens is 2. The van der Waals surface area contributed by atoms with Crippen LogP contribution >= 0.6 is 11.6 Å². The fraction of sp³-hybridized carbons (Fsp3) is 0. The van der Waals surface area contributed by atoms with Crippen molar-refractivity contribution in [2.45, 2.75) is 0 Å². The summed E-state index contributed by atoms with van der Waals surface area (Å²) in [6.45, 7) is 0. The Morgan fingerprint density at radius 1 is 1.50 bits per heavy atom. The molecule has 1 aromatic heterocycles. The lowest BCUT2D eigenvalue weighted by Gasteiger charge is -2.01. The van der Waals surface area contributed by atoms with Gasteiger partial charge in [0.15, 0.2) is 0 Å². The van der Waals surface area contributed by atoms with E-state index >= 15 is 0 Å². The predicted molar refractivity (Wildman–Crippen MR) is 65.7 cm³/mol. The highest BCUT2D eigenvalue weighted by atomic mass is 35.5. The van der Waals surface area contributed by atoms with Crippen molar-refractivity contribution in [1.82, 2.24) is 9.97 Å². The standard InChI is InChI=1S/C12H8ClFN2O2/c13-8-2-1-3-9(14)11(8)12-15-6-7(16-12)4-5-10(17)18/h1-6H,(H,15,16)(H,17,18)/b5-4+. The molecule has 0 aliphatic heterocycles. The first kappa shape index (κ1) is 12.3. The Hall–Kier alpha value is -2.14. The number of halogens is 2. The summed E-state index contributed by atoms with van der Waals surface area (Å²) in [5.41, 5.74) is 0.612. The van der Waals surface area contributed by atoms with E-state index < -0.39 is 11.8 Å². The summed E-state index contributed by atoms with van der Waals surface area (Å²) in [4.78, 5) is 17.1. The minimum atomic E-state index is -1.07. The number of rotatable bonds is 3. The van der Waals surface area contributed by atoms with E-state index in [1.807, 2.05) is 0 Å². The zero-order chi connectivity index (χ0) is 13.1. The van der Waals surface area contributed by atoms with E-state index in [0.29, 0.717) is 5.69 Å². The number of nitrogens with zero attached hydrogens (tertiary/aromatic N) is 1. The maximum Gasteiger partial charge on any atom is 0.328 e. The molecule has 18 heavy (non-hydrogen) atoms. The maximum atomic E-state index is 13.6. The number of H-pyrrole nitrogens is 1. The summed E-state index contributed by atoms with van der Waals surface area (Å²) in [7, 11) is 0. The van der Waals surface area contributed by atoms with Crippen LogP contribution in [0.5, 0.6) is 0 Å². The highest BCUT2D eigenvalue weighted by molar-refractivity contribution is 6.33. The minimum absolute atomic E-state index is 0.161. The van der Waals surface area contributed by atoms with Gasteiger partial charge in [0.1, 0.15) is 11.6 Å². The molecule has 1 heterocycles. The molecule has 2 N–H and O–H groups in total. The number of aromatic amines is 1. The van der Waals surface area contributed by atoms with Gasteiger partial charge < -0.3 is 10.1 Å². The van der Waals surface area contributed by atoms with E-state index in [0.717, 1.165) is 6.08 Å². The first-order valence-corrected chi connectivity index (χ1v) is 5.36. The predicted octanol–water partition coefficient (Wildman–Crippen LogP) is 2.97. The maximum absolute atomic E-state index is 13.6. The topological polar surface area (TPSA) is 66.0 Å². The summed E-state index contributed by atoms with van der Waals surface area (Å²) in [5.74, 6) is -1.32. The van der Waals surface area contributed by atoms with Crippen LogP contribution in [0.1, 0.15) is 5.69 Å². The molecule has 2 rings (SSSR count). The van der Waals surface area contributed by atoms with Gasteiger partial charge in [0.05, 0.1) is 22.5 Å². The van der Waals surface area contributed by atoms with Crippen molar-refractivity contribution < 1.29 is 14.3 Å². The Labute approximate surface area is 107 Å². The fourth-order valence-electron chi connectivity index (χ4n) is 1.43. The number of carboxylic acids is 1. The van der Waals surface area contributed by atoms with Gasteiger partial charge in [-0.3, -0.25) is 0 Å². The quantitative estimate of drug-likeness (QED) is 0.840. The van der Waals surface area contributed by atoms with E-state index in [-0.39, 0.29) is 16.4 Å². The van der Waals surface area contributed by atoms with E-state index in [9.17, 15) is 9.18 Å². The molecule has 0 saturated carbocycles. The van der Waals surface area contributed by atoms with E-state index in [1.165, 1.54) is 24.4 Å². The van der Waals surface area contributed by atoms with Gasteiger partial charge in [0, 0.05) is 6.08 Å². The van der Waals surface area contributed by atoms with Gasteiger partial charge in [-0.25, -0.2) is 14.2 Å². The summed E-state index contributed by atoms with van der Waals surface area (Å²) in [6, 6.07) is 4.32. The lowest BCUT2D eigenvalue weighted by atomic mass is 10.2. The summed E-state index contributed by atoms with van der Waals surface area (Å²) < 4.78 is 13.6. The molecule has 4 nitrogen and oxygen atoms in total. The Kier molecular flexibility index (Phi) is 3.43. The average Bonchev–Trinajstić information content (AvgIpc) is 2.75. The summed E-state index contributed by atoms with van der Waals surface area (Å²) in [6.07, 6.45) is 3.69. The SMILES string of the molecule is O=C(O)/C=C/c1cnc(-c2c(F)cccc2Cl)[nH]1. The van der Waals surface area contributed by atoms with Gasteiger partial charge in [-0.15, -0.1) is 0 Å². The fourth-order valence-corrected chi connectivity index (χ4v) is 1.68. The van der Waals surface area contributed by atoms with Gasteiger partial charge in [-0.05, 0) is 18.2 Å². The molecule has 1 aromatic carbocycles. The van der Waals surface area contributed by atoms with Crippen molar-refractivity contribution in [3.63, 3.8) is 0 Å². The van der Waals surface area contributed by atoms with Crippen molar-refractivity contribution in [3.8, 4) is 11.4 Å². The van der Waals surface area contributed by atoms with Crippen molar-refractivity contribution >= 4 is 23.6 Å². The first-order chi connectivity index (χ1) is 8.58. The number of hydrogen-bond acceptors (Lipinski definition) is 2. The third-order valence-corrected chi connectivity index (χ3v) is 2.52. The summed E-state index contributed by atoms with van der Waals surface area (Å²) in [5, 5.41) is 8.72. The Morgan fingerprint density at radius 3 is 2.94 bits per heavy atom. The van der Waals surface area contributed by atoms with Crippen LogP contribution in [0.2, 0.25) is 5.02 Å². The highest BCUT2D eigenvalue weighted by Gasteiger charge is 2.12. The molecule has 0 aliphatic carbocycles. The van der Waals surface area contributed by atoms with Gasteiger partial charge in [0.2, 0.25) is 0 Å². The smallest absolute Gasteiger partial charge is 0.328 e. The van der Waals surface area contributed by atoms with Crippen molar-refractivity contribution in [2.75, 3.05) is 0 Å². The zero-order valence-corrected chi connectivity index (χ0v) is 9.78. The number of nitrogens with one attached hydrogen (secondary N) is 1. The van der Waals surface area contributed by atoms with E-state index in [4.69, 9.17) is 16.7 Å². The molecule has 0 saturated heterocycles. The normalized spacial score (nSPS) is 11.0. The molecule has 0 radical (unpaired) electrons. The first-order valence-electron chi connectivity index (χ1n) is 4.98. The van der Waals surface area contributed by atoms with Gasteiger partial charge >= 0.3 is 5.97 Å². The highest BCUT2D eigenvalue weighted by Crippen LogP contribution is 2.28. The van der Waals surface area contributed by atoms with Crippen molar-refractivity contribution in [1.29, 1.82) is 0 Å². The van der Waals surface area contributed by atoms with Crippen molar-refractivity contribution in [3.05, 3.63) is 47.0 Å². The van der Waals surface area contributed by atoms with Crippen molar-refractivity contribution in [2.24, 2.45) is 0 Å². The molecule has 0 amide bonds. The molecule has 0 bridgehead atoms. The number of carbonyl (C=O) groups is 1. The van der Waals surface area contributed by atoms with Gasteiger partial charge in [0.25, 0.3) is 0 Å². The third-order valence-electron chi connectivity index (χ3n) is 2.20. The van der Waals surface area contributed by atoms with Crippen LogP contribution in [0.4, 0.5) is 4.39 Å². The molecular formula is C12H8ClFN2O2. The molecule has 0 unspecified atom stereocenters. The Bertz CT molecular complexity index is 602. The molecular weight excluding hydrogens is 259 g/mol. The molecule has 0 aliphatic rings. The second kappa shape index (κ2) is 5.01. The second-order valence-electron chi connectivity index (χ2n) is 3.46. The zero-order valence-electron chi connectivity index (χ0n) is 9.02. The molecule has 0 fully saturated rings. The number of aliphatic carboxylic acids is 1. The molecule has 0 spiro atoms. The molecule has 2 aromatic rings. The van der Waals surface area contributed by atoms with Crippen LogP contribution in [0.25, 0.3) is 17.5 Å². The molecule has 6 heteroatoms. The monoisotopic (exact) mass is 266 g/mol. The van der Waals surface area contributed by atoms with Crippen LogP contribution in [-0.4, -0.2) is 21.0 Å². The van der Waals surface area contributed by atoms with Gasteiger partial charge in [-0.1, -0.05) is 17.7 Å². The van der Waals surface area contributed by atoms with E-state index in [1.54, 1.807) is 6.07 Å². The third kappa shape index (κ3) is 2.57. The minimum Gasteiger partial charge on any atom is -0.478 e. The second-order valence-corrected chi connectivity index (χ2v) is 3.86. The largest absolute Gasteiger partial charge is 0.478 e. The van der Waals surface area contributed by atoms with Crippen LogP contribution < -0.4 is 0 Å². The van der Waals surface area contributed by atoms with Crippen LogP contribution in [0.15, 0.2) is 30.5 Å². The summed E-state index contributed by atoms with van der Waals surface area (Å²) >= 11 is 5.89. The lowest BCUT2D eigenvalue weighted by molar-refractivity contribution is -0.131. The van der Waals surface area contributed by atoms with E-state index in [2.05, 4.69) is 9.97 Å². The number of imidazole rings is 1. The Morgan fingerprint density at radius 2 is 2.28 bits per heavy atom. The molecule has 92 valence electrons. The van der Waals surface area contributed by atoms with Gasteiger partial charge in [-0.2, -0.15) is 0 Å².